The molecule has 476 valence electrons. The van der Waals surface area contributed by atoms with Crippen molar-refractivity contribution in [2.24, 2.45) is 0 Å². The van der Waals surface area contributed by atoms with Gasteiger partial charge >= 0.3 is 17.9 Å². The molecule has 0 aliphatic carbocycles. The number of carbonyl (C=O) groups excluding carboxylic acids is 3. The highest BCUT2D eigenvalue weighted by atomic mass is 35.5. The number of amides is 3. The molecule has 29 heteroatoms. The van der Waals surface area contributed by atoms with Gasteiger partial charge in [0, 0.05) is 104 Å². The lowest BCUT2D eigenvalue weighted by atomic mass is 9.95. The van der Waals surface area contributed by atoms with Gasteiger partial charge < -0.3 is 69.1 Å². The van der Waals surface area contributed by atoms with Gasteiger partial charge in [0.1, 0.15) is 18.1 Å². The van der Waals surface area contributed by atoms with E-state index in [1.54, 1.807) is 61.7 Å². The lowest BCUT2D eigenvalue weighted by Crippen LogP contribution is -2.55. The fourth-order valence-electron chi connectivity index (χ4n) is 9.88. The smallest absolute Gasteiger partial charge is 0.317 e. The number of rotatable bonds is 28. The molecule has 0 unspecified atom stereocenters. The van der Waals surface area contributed by atoms with E-state index in [4.69, 9.17) is 71.4 Å². The van der Waals surface area contributed by atoms with Gasteiger partial charge in [-0.1, -0.05) is 35.3 Å². The first-order chi connectivity index (χ1) is 41.8. The monoisotopic (exact) mass is 1260 g/mol. The van der Waals surface area contributed by atoms with Gasteiger partial charge in [-0.05, 0) is 55.8 Å². The Morgan fingerprint density at radius 1 is 0.678 bits per heavy atom. The molecule has 3 aliphatic heterocycles. The average Bonchev–Trinajstić information content (AvgIpc) is 1.73. The minimum atomic E-state index is -1.03. The van der Waals surface area contributed by atoms with Gasteiger partial charge in [-0.3, -0.25) is 53.2 Å². The van der Waals surface area contributed by atoms with Crippen LogP contribution < -0.4 is 20.1 Å². The number of nitrogens with one attached hydrogen (secondary N) is 2. The number of methoxy groups -OCH3 is 1. The topological polar surface area (TPSA) is 323 Å². The number of hydrogen-bond acceptors (Lipinski definition) is 19. The largest absolute Gasteiger partial charge is 0.496 e. The lowest BCUT2D eigenvalue weighted by Gasteiger charge is -2.41. The van der Waals surface area contributed by atoms with Crippen molar-refractivity contribution < 1.29 is 87.1 Å². The van der Waals surface area contributed by atoms with Crippen molar-refractivity contribution in [3.05, 3.63) is 75.9 Å². The number of halogens is 2. The molecule has 27 nitrogen and oxygen atoms in total. The third-order valence-corrected chi connectivity index (χ3v) is 14.5. The third-order valence-electron chi connectivity index (χ3n) is 14.1. The number of hydrogen-bond donors (Lipinski definition) is 6. The molecule has 4 heterocycles. The van der Waals surface area contributed by atoms with E-state index in [0.29, 0.717) is 128 Å². The molecule has 3 aromatic carbocycles. The van der Waals surface area contributed by atoms with Gasteiger partial charge in [0.05, 0.1) is 123 Å². The Balaban J connectivity index is 0.00000395. The zero-order valence-electron chi connectivity index (χ0n) is 49.0. The van der Waals surface area contributed by atoms with Crippen molar-refractivity contribution in [2.45, 2.75) is 32.4 Å². The highest BCUT2D eigenvalue weighted by Crippen LogP contribution is 2.47. The van der Waals surface area contributed by atoms with E-state index in [1.165, 1.54) is 0 Å². The van der Waals surface area contributed by atoms with Crippen molar-refractivity contribution in [1.82, 2.24) is 39.6 Å². The standard InChI is InChI=1S/C57H75Cl2N9O16.CH2O2/c1-57(2)38-83-20-17-67(57)56(77)54-46-37-84-48-32-47(78-3)44(31-45(48)55(46)68(62-54)43-29-40(58)28-41(59)30-43)39-5-4-6-42(27-39)61-49(69)7-18-79-21-23-81-25-26-82-24-22-80-19-8-60-50(70)33-63-9-11-64(34-51(71)72)13-15-66(36-53(75)76)16-14-65(12-10-63)35-52(73)74;2-1-3/h4-6,27-32H,7-26,33-38H2,1-3H3,(H,60,70)(H,61,69)(H,71,72)(H,73,74)(H,75,76);1H,(H,2,3). The second-order valence-electron chi connectivity index (χ2n) is 20.9. The quantitative estimate of drug-likeness (QED) is 0.0351. The molecule has 0 atom stereocenters. The second-order valence-corrected chi connectivity index (χ2v) is 21.8. The first kappa shape index (κ1) is 69.1. The summed E-state index contributed by atoms with van der Waals surface area (Å²) in [6.45, 7) is 9.00. The molecular weight excluding hydrogens is 1180 g/mol. The fourth-order valence-corrected chi connectivity index (χ4v) is 10.4. The average molecular weight is 1260 g/mol. The number of aromatic nitrogens is 2. The number of benzene rings is 3. The van der Waals surface area contributed by atoms with Crippen LogP contribution in [-0.2, 0) is 59.1 Å². The summed E-state index contributed by atoms with van der Waals surface area (Å²) in [5.41, 5.74) is 4.12. The van der Waals surface area contributed by atoms with Crippen LogP contribution in [0.3, 0.4) is 0 Å². The van der Waals surface area contributed by atoms with Gasteiger partial charge in [0.2, 0.25) is 11.8 Å². The number of aliphatic carboxylic acids is 3. The molecule has 0 bridgehead atoms. The minimum absolute atomic E-state index is 0.00323. The van der Waals surface area contributed by atoms with E-state index in [9.17, 15) is 44.1 Å². The van der Waals surface area contributed by atoms with Crippen LogP contribution in [0.4, 0.5) is 5.69 Å². The number of morpholine rings is 1. The lowest BCUT2D eigenvalue weighted by molar-refractivity contribution is -0.140. The van der Waals surface area contributed by atoms with Gasteiger partial charge in [-0.25, -0.2) is 4.68 Å². The van der Waals surface area contributed by atoms with Crippen molar-refractivity contribution in [3.63, 3.8) is 0 Å². The molecule has 4 aromatic rings. The summed E-state index contributed by atoms with van der Waals surface area (Å²) in [5, 5.41) is 46.7. The van der Waals surface area contributed by atoms with Gasteiger partial charge in [0.25, 0.3) is 12.4 Å². The first-order valence-corrected chi connectivity index (χ1v) is 29.0. The summed E-state index contributed by atoms with van der Waals surface area (Å²) < 4.78 is 42.1. The Labute approximate surface area is 513 Å². The number of anilines is 1. The maximum Gasteiger partial charge on any atom is 0.317 e. The molecule has 3 amide bonds. The van der Waals surface area contributed by atoms with E-state index in [2.05, 4.69) is 10.6 Å². The van der Waals surface area contributed by atoms with Crippen molar-refractivity contribution >= 4 is 71.0 Å². The summed E-state index contributed by atoms with van der Waals surface area (Å²) in [6, 6.07) is 16.2. The molecule has 2 saturated heterocycles. The summed E-state index contributed by atoms with van der Waals surface area (Å²) in [6.07, 6.45) is 0.0983. The van der Waals surface area contributed by atoms with E-state index in [0.717, 1.165) is 5.56 Å². The van der Waals surface area contributed by atoms with Crippen LogP contribution in [0.15, 0.2) is 54.6 Å². The number of nitrogens with zero attached hydrogens (tertiary/aromatic N) is 7. The van der Waals surface area contributed by atoms with Crippen LogP contribution >= 0.6 is 23.2 Å². The third kappa shape index (κ3) is 22.0. The van der Waals surface area contributed by atoms with Crippen LogP contribution in [0.5, 0.6) is 11.5 Å². The zero-order chi connectivity index (χ0) is 62.9. The maximum absolute atomic E-state index is 14.4. The van der Waals surface area contributed by atoms with Crippen molar-refractivity contribution in [1.29, 1.82) is 0 Å². The van der Waals surface area contributed by atoms with Crippen LogP contribution in [0, 0.1) is 0 Å². The normalized spacial score (nSPS) is 15.9. The molecule has 6 N–H and O–H groups in total. The summed E-state index contributed by atoms with van der Waals surface area (Å²) >= 11 is 13.0. The molecule has 2 fully saturated rings. The van der Waals surface area contributed by atoms with Crippen molar-refractivity contribution in [3.8, 4) is 39.6 Å². The molecule has 0 saturated carbocycles. The Morgan fingerprint density at radius 2 is 1.21 bits per heavy atom. The fraction of sp³-hybridized carbons (Fsp3) is 0.517. The number of carbonyl (C=O) groups is 7. The maximum atomic E-state index is 14.4. The van der Waals surface area contributed by atoms with Gasteiger partial charge in [-0.2, -0.15) is 5.10 Å². The van der Waals surface area contributed by atoms with E-state index in [-0.39, 0.29) is 128 Å². The number of fused-ring (bicyclic) bond motifs is 3. The SMILES string of the molecule is COc1cc2c(cc1-c1cccc(NC(=O)CCOCCOCCOCCOCCNC(=O)CN3CCN(CC(=O)O)CCN(CC(=O)O)CCN(CC(=O)O)CC3)c1)-c1c(c(C(=O)N3CCOCC3(C)C)nn1-c1cc(Cl)cc(Cl)c1)CO2.O=CO. The summed E-state index contributed by atoms with van der Waals surface area (Å²) in [5.74, 6) is -2.81. The Bertz CT molecular complexity index is 2920. The molecular formula is C58H77Cl2N9O18. The molecule has 7 rings (SSSR count). The summed E-state index contributed by atoms with van der Waals surface area (Å²) in [4.78, 5) is 92.0. The highest BCUT2D eigenvalue weighted by Gasteiger charge is 2.39. The molecule has 0 spiro atoms. The van der Waals surface area contributed by atoms with Crippen LogP contribution in [-0.4, -0.2) is 267 Å². The van der Waals surface area contributed by atoms with Crippen LogP contribution in [0.2, 0.25) is 10.0 Å². The number of carboxylic acids is 3. The summed E-state index contributed by atoms with van der Waals surface area (Å²) in [7, 11) is 1.57. The molecule has 0 radical (unpaired) electrons. The number of carboxylic acid groups (broad SMARTS) is 4. The van der Waals surface area contributed by atoms with Crippen molar-refractivity contribution in [2.75, 3.05) is 170 Å². The second kappa shape index (κ2) is 35.1. The van der Waals surface area contributed by atoms with E-state index in [1.807, 2.05) is 43.0 Å². The van der Waals surface area contributed by atoms with E-state index >= 15 is 0 Å². The highest BCUT2D eigenvalue weighted by molar-refractivity contribution is 6.34. The first-order valence-electron chi connectivity index (χ1n) is 28.2. The Hall–Kier alpha value is -7.02. The predicted octanol–water partition coefficient (Wildman–Crippen LogP) is 3.35. The van der Waals surface area contributed by atoms with Gasteiger partial charge in [-0.15, -0.1) is 0 Å². The predicted molar refractivity (Wildman–Crippen MR) is 318 cm³/mol. The van der Waals surface area contributed by atoms with Crippen LogP contribution in [0.25, 0.3) is 28.1 Å². The molecule has 87 heavy (non-hydrogen) atoms. The zero-order valence-corrected chi connectivity index (χ0v) is 50.6. The number of ether oxygens (including phenoxy) is 7. The van der Waals surface area contributed by atoms with E-state index < -0.39 is 23.4 Å². The Morgan fingerprint density at radius 3 is 1.74 bits per heavy atom. The molecule has 3 aliphatic rings. The van der Waals surface area contributed by atoms with Crippen LogP contribution in [0.1, 0.15) is 36.3 Å². The Kier molecular flexibility index (Phi) is 27.9. The molecule has 1 aromatic heterocycles. The minimum Gasteiger partial charge on any atom is -0.496 e. The van der Waals surface area contributed by atoms with Gasteiger partial charge in [0.15, 0.2) is 5.69 Å².